The van der Waals surface area contributed by atoms with Crippen molar-refractivity contribution in [1.29, 1.82) is 0 Å². The number of nitrogens with zero attached hydrogens (tertiary/aromatic N) is 1. The number of carbonyl (C=O) groups is 1. The number of hydrogen-bond donors (Lipinski definition) is 1. The average Bonchev–Trinajstić information content (AvgIpc) is 2.25. The molecule has 0 heterocycles. The molecule has 0 atom stereocenters. The Morgan fingerprint density at radius 3 is 2.50 bits per heavy atom. The van der Waals surface area contributed by atoms with Crippen LogP contribution in [0.25, 0.3) is 0 Å². The molecule has 3 nitrogen and oxygen atoms in total. The van der Waals surface area contributed by atoms with Gasteiger partial charge in [-0.1, -0.05) is 31.5 Å². The summed E-state index contributed by atoms with van der Waals surface area (Å²) in [5.41, 5.74) is 8.94. The molecule has 0 aromatic heterocycles. The van der Waals surface area contributed by atoms with Crippen LogP contribution in [-0.2, 0) is 4.79 Å². The first-order chi connectivity index (χ1) is 8.45. The van der Waals surface area contributed by atoms with E-state index in [2.05, 4.69) is 26.8 Å². The number of benzene rings is 1. The number of amides is 1. The van der Waals surface area contributed by atoms with Crippen molar-refractivity contribution in [3.8, 4) is 0 Å². The van der Waals surface area contributed by atoms with E-state index in [0.717, 1.165) is 11.3 Å². The summed E-state index contributed by atoms with van der Waals surface area (Å²) in [4.78, 5) is 14.1. The van der Waals surface area contributed by atoms with Crippen molar-refractivity contribution in [2.45, 2.75) is 34.1 Å². The van der Waals surface area contributed by atoms with E-state index < -0.39 is 0 Å². The summed E-state index contributed by atoms with van der Waals surface area (Å²) >= 11 is 0. The third kappa shape index (κ3) is 3.84. The molecule has 100 valence electrons. The highest BCUT2D eigenvalue weighted by atomic mass is 16.2. The Morgan fingerprint density at radius 1 is 1.33 bits per heavy atom. The highest BCUT2D eigenvalue weighted by Gasteiger charge is 2.17. The molecule has 18 heavy (non-hydrogen) atoms. The molecule has 0 unspecified atom stereocenters. The Morgan fingerprint density at radius 2 is 2.00 bits per heavy atom. The minimum Gasteiger partial charge on any atom is -0.329 e. The SMILES string of the molecule is Cc1ccc(N(CCN)C(=O)CC(C)C)c(C)c1. The fraction of sp³-hybridized carbons (Fsp3) is 0.533. The van der Waals surface area contributed by atoms with E-state index in [1.165, 1.54) is 5.56 Å². The van der Waals surface area contributed by atoms with E-state index in [1.54, 1.807) is 0 Å². The Labute approximate surface area is 110 Å². The van der Waals surface area contributed by atoms with Crippen LogP contribution in [-0.4, -0.2) is 19.0 Å². The number of hydrogen-bond acceptors (Lipinski definition) is 2. The molecule has 3 heteroatoms. The molecule has 0 radical (unpaired) electrons. The van der Waals surface area contributed by atoms with Crippen LogP contribution >= 0.6 is 0 Å². The van der Waals surface area contributed by atoms with Gasteiger partial charge in [0.15, 0.2) is 0 Å². The van der Waals surface area contributed by atoms with Gasteiger partial charge >= 0.3 is 0 Å². The lowest BCUT2D eigenvalue weighted by molar-refractivity contribution is -0.119. The van der Waals surface area contributed by atoms with Crippen molar-refractivity contribution >= 4 is 11.6 Å². The topological polar surface area (TPSA) is 46.3 Å². The van der Waals surface area contributed by atoms with Crippen molar-refractivity contribution < 1.29 is 4.79 Å². The minimum atomic E-state index is 0.155. The maximum absolute atomic E-state index is 12.3. The largest absolute Gasteiger partial charge is 0.329 e. The first kappa shape index (κ1) is 14.7. The van der Waals surface area contributed by atoms with Gasteiger partial charge in [0.2, 0.25) is 5.91 Å². The predicted molar refractivity (Wildman–Crippen MR) is 76.8 cm³/mol. The van der Waals surface area contributed by atoms with Crippen LogP contribution in [0.4, 0.5) is 5.69 Å². The van der Waals surface area contributed by atoms with E-state index in [1.807, 2.05) is 24.0 Å². The van der Waals surface area contributed by atoms with Gasteiger partial charge in [-0.2, -0.15) is 0 Å². The summed E-state index contributed by atoms with van der Waals surface area (Å²) in [7, 11) is 0. The van der Waals surface area contributed by atoms with E-state index in [4.69, 9.17) is 5.73 Å². The van der Waals surface area contributed by atoms with Crippen LogP contribution in [0.5, 0.6) is 0 Å². The van der Waals surface area contributed by atoms with Gasteiger partial charge < -0.3 is 10.6 Å². The summed E-state index contributed by atoms with van der Waals surface area (Å²) < 4.78 is 0. The quantitative estimate of drug-likeness (QED) is 0.870. The molecule has 0 bridgehead atoms. The highest BCUT2D eigenvalue weighted by Crippen LogP contribution is 2.22. The number of anilines is 1. The van der Waals surface area contributed by atoms with Crippen molar-refractivity contribution in [3.63, 3.8) is 0 Å². The van der Waals surface area contributed by atoms with Crippen molar-refractivity contribution in [2.75, 3.05) is 18.0 Å². The highest BCUT2D eigenvalue weighted by molar-refractivity contribution is 5.94. The van der Waals surface area contributed by atoms with Gasteiger partial charge in [-0.05, 0) is 31.4 Å². The molecular weight excluding hydrogens is 224 g/mol. The molecule has 1 aromatic carbocycles. The Balaban J connectivity index is 3.00. The number of rotatable bonds is 5. The summed E-state index contributed by atoms with van der Waals surface area (Å²) in [6.07, 6.45) is 0.563. The third-order valence-corrected chi connectivity index (χ3v) is 2.88. The molecule has 1 aromatic rings. The first-order valence-corrected chi connectivity index (χ1v) is 6.53. The molecule has 0 fully saturated rings. The Bertz CT molecular complexity index is 413. The first-order valence-electron chi connectivity index (χ1n) is 6.53. The van der Waals surface area contributed by atoms with Crippen molar-refractivity contribution in [2.24, 2.45) is 11.7 Å². The fourth-order valence-corrected chi connectivity index (χ4v) is 2.08. The van der Waals surface area contributed by atoms with Gasteiger partial charge in [-0.3, -0.25) is 4.79 Å². The molecule has 0 saturated carbocycles. The van der Waals surface area contributed by atoms with Crippen LogP contribution in [0.15, 0.2) is 18.2 Å². The van der Waals surface area contributed by atoms with E-state index in [9.17, 15) is 4.79 Å². The number of nitrogens with two attached hydrogens (primary N) is 1. The number of aryl methyl sites for hydroxylation is 2. The van der Waals surface area contributed by atoms with Crippen LogP contribution < -0.4 is 10.6 Å². The van der Waals surface area contributed by atoms with Crippen LogP contribution in [0, 0.1) is 19.8 Å². The summed E-state index contributed by atoms with van der Waals surface area (Å²) in [5, 5.41) is 0. The molecule has 0 saturated heterocycles. The molecule has 1 amide bonds. The van der Waals surface area contributed by atoms with Gasteiger partial charge in [0.25, 0.3) is 0 Å². The van der Waals surface area contributed by atoms with Crippen LogP contribution in [0.3, 0.4) is 0 Å². The molecular formula is C15H24N2O. The molecule has 2 N–H and O–H groups in total. The summed E-state index contributed by atoms with van der Waals surface area (Å²) in [5.74, 6) is 0.519. The molecule has 1 rings (SSSR count). The van der Waals surface area contributed by atoms with Gasteiger partial charge in [0, 0.05) is 25.2 Å². The normalized spacial score (nSPS) is 10.8. The molecule has 0 aliphatic rings. The van der Waals surface area contributed by atoms with Gasteiger partial charge in [-0.15, -0.1) is 0 Å². The van der Waals surface area contributed by atoms with Gasteiger partial charge in [0.05, 0.1) is 0 Å². The standard InChI is InChI=1S/C15H24N2O/c1-11(2)9-15(18)17(8-7-16)14-6-5-12(3)10-13(14)4/h5-6,10-11H,7-9,16H2,1-4H3. The maximum Gasteiger partial charge on any atom is 0.227 e. The monoisotopic (exact) mass is 248 g/mol. The van der Waals surface area contributed by atoms with E-state index in [0.29, 0.717) is 25.4 Å². The van der Waals surface area contributed by atoms with Crippen molar-refractivity contribution in [1.82, 2.24) is 0 Å². The molecule has 0 aliphatic heterocycles. The zero-order valence-corrected chi connectivity index (χ0v) is 11.9. The molecule has 0 aliphatic carbocycles. The third-order valence-electron chi connectivity index (χ3n) is 2.88. The summed E-state index contributed by atoms with van der Waals surface area (Å²) in [6.45, 7) is 9.27. The minimum absolute atomic E-state index is 0.155. The zero-order valence-electron chi connectivity index (χ0n) is 11.9. The second-order valence-electron chi connectivity index (χ2n) is 5.22. The number of carbonyl (C=O) groups excluding carboxylic acids is 1. The van der Waals surface area contributed by atoms with Gasteiger partial charge in [-0.25, -0.2) is 0 Å². The lowest BCUT2D eigenvalue weighted by Gasteiger charge is -2.25. The van der Waals surface area contributed by atoms with E-state index in [-0.39, 0.29) is 5.91 Å². The maximum atomic E-state index is 12.3. The lowest BCUT2D eigenvalue weighted by atomic mass is 10.1. The smallest absolute Gasteiger partial charge is 0.227 e. The predicted octanol–water partition coefficient (Wildman–Crippen LogP) is 2.64. The second kappa shape index (κ2) is 6.55. The summed E-state index contributed by atoms with van der Waals surface area (Å²) in [6, 6.07) is 6.15. The van der Waals surface area contributed by atoms with Gasteiger partial charge in [0.1, 0.15) is 0 Å². The second-order valence-corrected chi connectivity index (χ2v) is 5.22. The Hall–Kier alpha value is -1.35. The molecule has 0 spiro atoms. The van der Waals surface area contributed by atoms with E-state index >= 15 is 0 Å². The fourth-order valence-electron chi connectivity index (χ4n) is 2.08. The van der Waals surface area contributed by atoms with Crippen LogP contribution in [0.2, 0.25) is 0 Å². The van der Waals surface area contributed by atoms with Crippen molar-refractivity contribution in [3.05, 3.63) is 29.3 Å². The average molecular weight is 248 g/mol. The van der Waals surface area contributed by atoms with Crippen LogP contribution in [0.1, 0.15) is 31.4 Å². The Kier molecular flexibility index (Phi) is 5.35. The lowest BCUT2D eigenvalue weighted by Crippen LogP contribution is -2.36. The zero-order chi connectivity index (χ0) is 13.7.